The van der Waals surface area contributed by atoms with E-state index in [0.717, 1.165) is 28.4 Å². The second-order valence-electron chi connectivity index (χ2n) is 22.2. The molecule has 0 fully saturated rings. The summed E-state index contributed by atoms with van der Waals surface area (Å²) in [5.74, 6) is 0. The number of benzene rings is 13. The van der Waals surface area contributed by atoms with Crippen molar-refractivity contribution in [2.24, 2.45) is 0 Å². The second-order valence-corrected chi connectivity index (χ2v) is 24.4. The van der Waals surface area contributed by atoms with Crippen molar-refractivity contribution < 1.29 is 0 Å². The summed E-state index contributed by atoms with van der Waals surface area (Å²) in [6, 6.07) is 110. The number of aromatic nitrogens is 1. The molecular formula is C78H48BN3S2. The molecule has 0 unspecified atom stereocenters. The first-order chi connectivity index (χ1) is 41.7. The Kier molecular flexibility index (Phi) is 10.7. The molecule has 0 radical (unpaired) electrons. The molecule has 0 amide bonds. The predicted molar refractivity (Wildman–Crippen MR) is 356 cm³/mol. The minimum Gasteiger partial charge on any atom is -0.310 e. The minimum atomic E-state index is -0.242. The van der Waals surface area contributed by atoms with E-state index in [0.29, 0.717) is 0 Å². The molecule has 390 valence electrons. The molecule has 3 nitrogen and oxygen atoms in total. The number of nitrogens with zero attached hydrogens (tertiary/aromatic N) is 3. The predicted octanol–water partition coefficient (Wildman–Crippen LogP) is 19.8. The van der Waals surface area contributed by atoms with Crippen molar-refractivity contribution in [2.45, 2.75) is 19.6 Å². The zero-order chi connectivity index (χ0) is 55.0. The van der Waals surface area contributed by atoms with Gasteiger partial charge >= 0.3 is 0 Å². The van der Waals surface area contributed by atoms with Crippen LogP contribution in [0.25, 0.3) is 94.3 Å². The van der Waals surface area contributed by atoms with Crippen molar-refractivity contribution in [1.82, 2.24) is 4.57 Å². The highest BCUT2D eigenvalue weighted by molar-refractivity contribution is 8.00. The van der Waals surface area contributed by atoms with Crippen LogP contribution in [0.5, 0.6) is 0 Å². The largest absolute Gasteiger partial charge is 0.310 e. The van der Waals surface area contributed by atoms with E-state index in [1.165, 1.54) is 136 Å². The third-order valence-corrected chi connectivity index (χ3v) is 20.0. The number of fused-ring (bicyclic) bond motifs is 19. The SMILES string of the molecule is c1ccc(-c2cc3c4c(c2)-c2ccccc2Sc2ccccc2-c2ccccc2N4c2cc(-n4c5ccccc5c5ccccc54)cc4c2B3c2cc(-c3ccccc3)cc3c2N4c2ccccc2-c2ccccc2Sc2ccccc2-3)cc1. The lowest BCUT2D eigenvalue weighted by molar-refractivity contribution is 1.16. The molecule has 0 saturated heterocycles. The third-order valence-electron chi connectivity index (χ3n) is 17.7. The molecule has 1 aromatic heterocycles. The van der Waals surface area contributed by atoms with Crippen LogP contribution in [0.1, 0.15) is 0 Å². The quantitative estimate of drug-likeness (QED) is 0.163. The van der Waals surface area contributed by atoms with Gasteiger partial charge in [-0.05, 0) is 134 Å². The summed E-state index contributed by atoms with van der Waals surface area (Å²) >= 11 is 3.74. The zero-order valence-electron chi connectivity index (χ0n) is 45.4. The minimum absolute atomic E-state index is 0.242. The van der Waals surface area contributed by atoms with E-state index in [-0.39, 0.29) is 6.71 Å². The lowest BCUT2D eigenvalue weighted by atomic mass is 9.33. The third kappa shape index (κ3) is 7.11. The molecule has 18 rings (SSSR count). The Bertz CT molecular complexity index is 4760. The van der Waals surface area contributed by atoms with Crippen molar-refractivity contribution in [3.05, 3.63) is 291 Å². The van der Waals surface area contributed by atoms with Crippen LogP contribution in [0.4, 0.5) is 34.1 Å². The van der Waals surface area contributed by atoms with Crippen LogP contribution in [0.15, 0.2) is 311 Å². The van der Waals surface area contributed by atoms with Gasteiger partial charge in [-0.2, -0.15) is 0 Å². The fraction of sp³-hybridized carbons (Fsp3) is 0. The van der Waals surface area contributed by atoms with Crippen LogP contribution >= 0.6 is 23.5 Å². The molecular weight excluding hydrogens is 1050 g/mol. The summed E-state index contributed by atoms with van der Waals surface area (Å²) in [7, 11) is 0. The maximum Gasteiger partial charge on any atom is 0.252 e. The maximum atomic E-state index is 2.69. The Balaban J connectivity index is 1.09. The summed E-state index contributed by atoms with van der Waals surface area (Å²) in [4.78, 5) is 10.2. The van der Waals surface area contributed by atoms with Gasteiger partial charge in [-0.3, -0.25) is 0 Å². The van der Waals surface area contributed by atoms with Crippen LogP contribution in [0, 0.1) is 0 Å². The molecule has 0 aliphatic carbocycles. The van der Waals surface area contributed by atoms with Gasteiger partial charge in [0.1, 0.15) is 0 Å². The van der Waals surface area contributed by atoms with Gasteiger partial charge in [0.05, 0.1) is 28.1 Å². The molecule has 4 aliphatic rings. The molecule has 13 aromatic carbocycles. The van der Waals surface area contributed by atoms with Crippen molar-refractivity contribution in [2.75, 3.05) is 9.80 Å². The summed E-state index contributed by atoms with van der Waals surface area (Å²) in [6.45, 7) is -0.242. The number of rotatable bonds is 3. The van der Waals surface area contributed by atoms with E-state index < -0.39 is 0 Å². The highest BCUT2D eigenvalue weighted by atomic mass is 32.2. The van der Waals surface area contributed by atoms with Gasteiger partial charge in [0, 0.05) is 75.4 Å². The zero-order valence-corrected chi connectivity index (χ0v) is 47.1. The highest BCUT2D eigenvalue weighted by Crippen LogP contribution is 2.57. The Labute approximate surface area is 496 Å². The average Bonchev–Trinajstić information content (AvgIpc) is 1.23. The summed E-state index contributed by atoms with van der Waals surface area (Å²) in [5.41, 5.74) is 28.4. The molecule has 84 heavy (non-hydrogen) atoms. The van der Waals surface area contributed by atoms with Crippen molar-refractivity contribution in [1.29, 1.82) is 0 Å². The first kappa shape index (κ1) is 47.6. The number of hydrogen-bond acceptors (Lipinski definition) is 4. The Hall–Kier alpha value is -9.98. The van der Waals surface area contributed by atoms with Crippen molar-refractivity contribution >= 4 is 103 Å². The number of anilines is 6. The fourth-order valence-corrected chi connectivity index (χ4v) is 16.4. The van der Waals surface area contributed by atoms with E-state index in [9.17, 15) is 0 Å². The summed E-state index contributed by atoms with van der Waals surface area (Å²) in [5, 5.41) is 2.45. The van der Waals surface area contributed by atoms with Crippen molar-refractivity contribution in [3.8, 4) is 72.4 Å². The van der Waals surface area contributed by atoms with Crippen LogP contribution in [-0.2, 0) is 0 Å². The van der Waals surface area contributed by atoms with E-state index in [4.69, 9.17) is 0 Å². The van der Waals surface area contributed by atoms with Crippen LogP contribution in [-0.4, -0.2) is 11.3 Å². The van der Waals surface area contributed by atoms with E-state index in [1.54, 1.807) is 0 Å². The maximum absolute atomic E-state index is 2.69. The van der Waals surface area contributed by atoms with Gasteiger partial charge in [-0.1, -0.05) is 242 Å². The van der Waals surface area contributed by atoms with E-state index in [1.807, 2.05) is 23.5 Å². The Morgan fingerprint density at radius 3 is 1.04 bits per heavy atom. The van der Waals surface area contributed by atoms with E-state index in [2.05, 4.69) is 306 Å². The van der Waals surface area contributed by atoms with E-state index >= 15 is 0 Å². The van der Waals surface area contributed by atoms with Gasteiger partial charge in [-0.15, -0.1) is 0 Å². The lowest BCUT2D eigenvalue weighted by Crippen LogP contribution is -2.61. The molecule has 0 bridgehead atoms. The molecule has 14 aromatic rings. The lowest BCUT2D eigenvalue weighted by Gasteiger charge is -2.47. The first-order valence-electron chi connectivity index (χ1n) is 28.8. The first-order valence-corrected chi connectivity index (χ1v) is 30.5. The van der Waals surface area contributed by atoms with Crippen LogP contribution < -0.4 is 26.2 Å². The Morgan fingerprint density at radius 1 is 0.262 bits per heavy atom. The molecule has 4 aliphatic heterocycles. The van der Waals surface area contributed by atoms with Gasteiger partial charge in [0.15, 0.2) is 0 Å². The van der Waals surface area contributed by atoms with Crippen molar-refractivity contribution in [3.63, 3.8) is 0 Å². The van der Waals surface area contributed by atoms with Gasteiger partial charge in [0.25, 0.3) is 6.71 Å². The van der Waals surface area contributed by atoms with Gasteiger partial charge in [-0.25, -0.2) is 0 Å². The molecule has 5 heterocycles. The second kappa shape index (κ2) is 18.8. The standard InChI is InChI=1S/C78H48BN3S2/c1-3-23-49(24-4-1)51-43-62-60-33-13-21-41-74(60)83-72-39-19-11-31-58(72)56-29-9-17-37-68(56)81-70-47-53(80-66-35-15-7-27-54(66)55-28-8-16-36-67(55)80)48-71-76(70)79(64(45-51)77(62)81)65-46-52(50-25-5-2-6-26-50)44-63-61-34-14-22-42-75(61)84-73-40-20-12-32-59(73)57-30-10-18-38-69(57)82(71)78(63)65/h1-48H. The van der Waals surface area contributed by atoms with Crippen LogP contribution in [0.2, 0.25) is 0 Å². The Morgan fingerprint density at radius 2 is 0.607 bits per heavy atom. The molecule has 0 saturated carbocycles. The fourth-order valence-electron chi connectivity index (χ4n) is 14.2. The molecule has 6 heteroatoms. The summed E-state index contributed by atoms with van der Waals surface area (Å²) in [6.07, 6.45) is 0. The van der Waals surface area contributed by atoms with Crippen LogP contribution in [0.3, 0.4) is 0 Å². The highest BCUT2D eigenvalue weighted by Gasteiger charge is 2.47. The molecule has 0 atom stereocenters. The van der Waals surface area contributed by atoms with Gasteiger partial charge < -0.3 is 14.4 Å². The summed E-state index contributed by atoms with van der Waals surface area (Å²) < 4.78 is 2.53. The average molecular weight is 1100 g/mol. The normalized spacial score (nSPS) is 13.1. The smallest absolute Gasteiger partial charge is 0.252 e. The number of hydrogen-bond donors (Lipinski definition) is 0. The topological polar surface area (TPSA) is 11.4 Å². The molecule has 0 spiro atoms. The number of para-hydroxylation sites is 4. The van der Waals surface area contributed by atoms with Gasteiger partial charge in [0.2, 0.25) is 0 Å². The molecule has 0 N–H and O–H groups in total. The monoisotopic (exact) mass is 1100 g/mol.